The Morgan fingerprint density at radius 3 is 2.82 bits per heavy atom. The number of carboxylic acids is 1. The average molecular weight is 240 g/mol. The molecule has 1 heterocycles. The lowest BCUT2D eigenvalue weighted by molar-refractivity contribution is -0.137. The predicted molar refractivity (Wildman–Crippen MR) is 58.6 cm³/mol. The molecule has 0 fully saturated rings. The Morgan fingerprint density at radius 1 is 1.47 bits per heavy atom. The van der Waals surface area contributed by atoms with E-state index in [2.05, 4.69) is 15.6 Å². The van der Waals surface area contributed by atoms with Crippen LogP contribution in [0.1, 0.15) is 0 Å². The lowest BCUT2D eigenvalue weighted by atomic mass is 10.5. The molecule has 0 radical (unpaired) electrons. The zero-order chi connectivity index (χ0) is 12.8. The quantitative estimate of drug-likeness (QED) is 0.571. The minimum Gasteiger partial charge on any atom is -0.480 e. The van der Waals surface area contributed by atoms with E-state index >= 15 is 0 Å². The van der Waals surface area contributed by atoms with Crippen LogP contribution in [0.25, 0.3) is 0 Å². The summed E-state index contributed by atoms with van der Waals surface area (Å²) in [6.45, 7) is -0.666. The van der Waals surface area contributed by atoms with Crippen LogP contribution in [0.2, 0.25) is 0 Å². The highest BCUT2D eigenvalue weighted by Gasteiger charge is 2.06. The van der Waals surface area contributed by atoms with E-state index in [1.165, 1.54) is 17.0 Å². The molecular weight excluding hydrogens is 228 g/mol. The molecule has 0 atom stereocenters. The van der Waals surface area contributed by atoms with E-state index in [9.17, 15) is 14.4 Å². The number of nitrogens with zero attached hydrogens (tertiary/aromatic N) is 2. The van der Waals surface area contributed by atoms with Crippen LogP contribution in [0, 0.1) is 0 Å². The number of carboxylic acid groups (broad SMARTS) is 1. The molecule has 1 amide bonds. The number of aryl methyl sites for hydroxylation is 1. The lowest BCUT2D eigenvalue weighted by Crippen LogP contribution is -2.35. The van der Waals surface area contributed by atoms with Crippen LogP contribution in [-0.4, -0.2) is 39.6 Å². The molecule has 17 heavy (non-hydrogen) atoms. The first-order valence-electron chi connectivity index (χ1n) is 4.74. The van der Waals surface area contributed by atoms with Crippen LogP contribution >= 0.6 is 0 Å². The van der Waals surface area contributed by atoms with Crippen LogP contribution in [-0.2, 0) is 16.6 Å². The summed E-state index contributed by atoms with van der Waals surface area (Å²) in [5.41, 5.74) is -0.362. The third-order valence-electron chi connectivity index (χ3n) is 1.87. The predicted octanol–water partition coefficient (Wildman–Crippen LogP) is -1.61. The molecule has 3 N–H and O–H groups in total. The highest BCUT2D eigenvalue weighted by Crippen LogP contribution is 1.90. The zero-order valence-corrected chi connectivity index (χ0v) is 9.14. The van der Waals surface area contributed by atoms with Crippen molar-refractivity contribution in [2.45, 2.75) is 0 Å². The number of aromatic nitrogens is 2. The average Bonchev–Trinajstić information content (AvgIpc) is 2.28. The minimum absolute atomic E-state index is 0.0421. The molecule has 0 bridgehead atoms. The Kier molecular flexibility index (Phi) is 4.21. The minimum atomic E-state index is -1.13. The standard InChI is InChI=1S/C9H12N4O4/c1-13-3-2-10-8(9(13)17)12-4-6(14)11-5-7(15)16/h2-3H,4-5H2,1H3,(H,10,12)(H,11,14)(H,15,16). The van der Waals surface area contributed by atoms with Gasteiger partial charge in [-0.05, 0) is 0 Å². The van der Waals surface area contributed by atoms with Crippen LogP contribution in [0.15, 0.2) is 17.2 Å². The van der Waals surface area contributed by atoms with Crippen molar-refractivity contribution in [2.75, 3.05) is 18.4 Å². The molecule has 1 aromatic rings. The van der Waals surface area contributed by atoms with Crippen molar-refractivity contribution in [1.29, 1.82) is 0 Å². The van der Waals surface area contributed by atoms with Crippen molar-refractivity contribution >= 4 is 17.7 Å². The number of carbonyl (C=O) groups is 2. The summed E-state index contributed by atoms with van der Waals surface area (Å²) in [6, 6.07) is 0. The topological polar surface area (TPSA) is 113 Å². The maximum Gasteiger partial charge on any atom is 0.322 e. The zero-order valence-electron chi connectivity index (χ0n) is 9.14. The fraction of sp³-hybridized carbons (Fsp3) is 0.333. The normalized spacial score (nSPS) is 9.71. The van der Waals surface area contributed by atoms with Gasteiger partial charge < -0.3 is 20.3 Å². The maximum absolute atomic E-state index is 11.5. The molecule has 1 rings (SSSR count). The molecule has 0 unspecified atom stereocenters. The van der Waals surface area contributed by atoms with E-state index in [0.717, 1.165) is 0 Å². The Hall–Kier alpha value is -2.38. The Balaban J connectivity index is 2.50. The molecular formula is C9H12N4O4. The van der Waals surface area contributed by atoms with E-state index in [-0.39, 0.29) is 17.9 Å². The van der Waals surface area contributed by atoms with Gasteiger partial charge in [-0.2, -0.15) is 0 Å². The van der Waals surface area contributed by atoms with E-state index < -0.39 is 18.4 Å². The van der Waals surface area contributed by atoms with Gasteiger partial charge in [0, 0.05) is 19.4 Å². The molecule has 0 aliphatic rings. The third kappa shape index (κ3) is 3.93. The van der Waals surface area contributed by atoms with Crippen molar-refractivity contribution in [2.24, 2.45) is 7.05 Å². The first kappa shape index (κ1) is 12.7. The van der Waals surface area contributed by atoms with Gasteiger partial charge in [0.25, 0.3) is 5.56 Å². The molecule has 0 aliphatic heterocycles. The summed E-state index contributed by atoms with van der Waals surface area (Å²) in [4.78, 5) is 36.5. The summed E-state index contributed by atoms with van der Waals surface area (Å²) < 4.78 is 1.31. The molecule has 8 nitrogen and oxygen atoms in total. The van der Waals surface area contributed by atoms with Crippen LogP contribution in [0.5, 0.6) is 0 Å². The first-order chi connectivity index (χ1) is 8.00. The largest absolute Gasteiger partial charge is 0.480 e. The van der Waals surface area contributed by atoms with Gasteiger partial charge in [0.05, 0.1) is 6.54 Å². The van der Waals surface area contributed by atoms with E-state index in [4.69, 9.17) is 5.11 Å². The van der Waals surface area contributed by atoms with Gasteiger partial charge in [0.15, 0.2) is 5.82 Å². The number of rotatable bonds is 5. The fourth-order valence-electron chi connectivity index (χ4n) is 1.02. The van der Waals surface area contributed by atoms with Crippen LogP contribution in [0.4, 0.5) is 5.82 Å². The highest BCUT2D eigenvalue weighted by molar-refractivity contribution is 5.84. The summed E-state index contributed by atoms with van der Waals surface area (Å²) in [6.07, 6.45) is 2.90. The molecule has 0 aliphatic carbocycles. The van der Waals surface area contributed by atoms with Gasteiger partial charge in [-0.25, -0.2) is 4.98 Å². The van der Waals surface area contributed by atoms with Gasteiger partial charge in [-0.1, -0.05) is 0 Å². The monoisotopic (exact) mass is 240 g/mol. The number of aliphatic carboxylic acids is 1. The van der Waals surface area contributed by atoms with Crippen LogP contribution < -0.4 is 16.2 Å². The van der Waals surface area contributed by atoms with Crippen molar-refractivity contribution < 1.29 is 14.7 Å². The second kappa shape index (κ2) is 5.64. The Bertz CT molecular complexity index is 482. The van der Waals surface area contributed by atoms with E-state index in [1.807, 2.05) is 0 Å². The SMILES string of the molecule is Cn1ccnc(NCC(=O)NCC(=O)O)c1=O. The molecule has 92 valence electrons. The molecule has 0 aromatic carbocycles. The van der Waals surface area contributed by atoms with Gasteiger partial charge in [-0.3, -0.25) is 14.4 Å². The summed E-state index contributed by atoms with van der Waals surface area (Å²) in [7, 11) is 1.56. The summed E-state index contributed by atoms with van der Waals surface area (Å²) >= 11 is 0. The van der Waals surface area contributed by atoms with E-state index in [0.29, 0.717) is 0 Å². The number of hydrogen-bond donors (Lipinski definition) is 3. The molecule has 0 saturated heterocycles. The van der Waals surface area contributed by atoms with Gasteiger partial charge >= 0.3 is 5.97 Å². The van der Waals surface area contributed by atoms with Gasteiger partial charge in [0.2, 0.25) is 5.91 Å². The van der Waals surface area contributed by atoms with Crippen molar-refractivity contribution in [3.05, 3.63) is 22.7 Å². The Morgan fingerprint density at radius 2 is 2.18 bits per heavy atom. The first-order valence-corrected chi connectivity index (χ1v) is 4.74. The Labute approximate surface area is 96.3 Å². The number of nitrogens with one attached hydrogen (secondary N) is 2. The second-order valence-corrected chi connectivity index (χ2v) is 3.22. The fourth-order valence-corrected chi connectivity index (χ4v) is 1.02. The number of amides is 1. The van der Waals surface area contributed by atoms with Crippen molar-refractivity contribution in [1.82, 2.24) is 14.9 Å². The smallest absolute Gasteiger partial charge is 0.322 e. The molecule has 1 aromatic heterocycles. The van der Waals surface area contributed by atoms with Crippen molar-refractivity contribution in [3.63, 3.8) is 0 Å². The van der Waals surface area contributed by atoms with E-state index in [1.54, 1.807) is 7.05 Å². The highest BCUT2D eigenvalue weighted by atomic mass is 16.4. The molecule has 0 spiro atoms. The summed E-state index contributed by atoms with van der Waals surface area (Å²) in [5, 5.41) is 13.0. The molecule has 8 heteroatoms. The van der Waals surface area contributed by atoms with Crippen molar-refractivity contribution in [3.8, 4) is 0 Å². The summed E-state index contributed by atoms with van der Waals surface area (Å²) in [5.74, 6) is -1.62. The van der Waals surface area contributed by atoms with Gasteiger partial charge in [-0.15, -0.1) is 0 Å². The second-order valence-electron chi connectivity index (χ2n) is 3.22. The lowest BCUT2D eigenvalue weighted by Gasteiger charge is -2.05. The maximum atomic E-state index is 11.5. The van der Waals surface area contributed by atoms with Gasteiger partial charge in [0.1, 0.15) is 6.54 Å². The number of carbonyl (C=O) groups excluding carboxylic acids is 1. The number of hydrogen-bond acceptors (Lipinski definition) is 5. The van der Waals surface area contributed by atoms with Crippen LogP contribution in [0.3, 0.4) is 0 Å². The third-order valence-corrected chi connectivity index (χ3v) is 1.87. The molecule has 0 saturated carbocycles. The number of anilines is 1.